The van der Waals surface area contributed by atoms with Gasteiger partial charge in [-0.3, -0.25) is 0 Å². The van der Waals surface area contributed by atoms with Gasteiger partial charge in [0.25, 0.3) is 0 Å². The van der Waals surface area contributed by atoms with Crippen molar-refractivity contribution in [3.05, 3.63) is 457 Å². The van der Waals surface area contributed by atoms with Crippen LogP contribution < -0.4 is 0 Å². The Labute approximate surface area is 822 Å². The van der Waals surface area contributed by atoms with Crippen LogP contribution in [0.5, 0.6) is 0 Å². The van der Waals surface area contributed by atoms with E-state index in [0.29, 0.717) is 46.2 Å². The van der Waals surface area contributed by atoms with Crippen molar-refractivity contribution in [3.8, 4) is 114 Å². The summed E-state index contributed by atoms with van der Waals surface area (Å²) >= 11 is 0. The van der Waals surface area contributed by atoms with E-state index < -0.39 is 0 Å². The predicted molar refractivity (Wildman–Crippen MR) is 584 cm³/mol. The van der Waals surface area contributed by atoms with Gasteiger partial charge < -0.3 is 22.8 Å². The number of para-hydroxylation sites is 5. The number of hydrogen-bond donors (Lipinski definition) is 0. The number of aromatic nitrogens is 11. The van der Waals surface area contributed by atoms with Crippen LogP contribution in [0.3, 0.4) is 0 Å². The third-order valence-electron chi connectivity index (χ3n) is 28.7. The summed E-state index contributed by atoms with van der Waals surface area (Å²) in [5, 5.41) is 21.5. The Kier molecular flexibility index (Phi) is 20.1. The molecular formula is C129H95N13. The van der Waals surface area contributed by atoms with Gasteiger partial charge in [-0.25, -0.2) is 34.7 Å². The molecule has 18 aromatic carbocycles. The van der Waals surface area contributed by atoms with E-state index >= 15 is 0 Å². The molecule has 7 heterocycles. The molecule has 0 aliphatic heterocycles. The molecule has 0 saturated carbocycles. The highest BCUT2D eigenvalue weighted by molar-refractivity contribution is 6.15. The fraction of sp³-hybridized carbons (Fsp3) is 0.101. The van der Waals surface area contributed by atoms with Gasteiger partial charge >= 0.3 is 0 Å². The fourth-order valence-corrected chi connectivity index (χ4v) is 21.6. The third kappa shape index (κ3) is 14.4. The number of rotatable bonds is 12. The molecule has 26 rings (SSSR count). The van der Waals surface area contributed by atoms with Crippen LogP contribution in [0, 0.1) is 17.9 Å². The lowest BCUT2D eigenvalue weighted by Gasteiger charge is -2.20. The van der Waals surface area contributed by atoms with Gasteiger partial charge in [0.1, 0.15) is 0 Å². The van der Waals surface area contributed by atoms with Crippen molar-refractivity contribution >= 4 is 115 Å². The Bertz CT molecular complexity index is 9360. The summed E-state index contributed by atoms with van der Waals surface area (Å²) in [6, 6.07) is 147. The van der Waals surface area contributed by atoms with Gasteiger partial charge in [-0.1, -0.05) is 311 Å². The summed E-state index contributed by atoms with van der Waals surface area (Å²) in [7, 11) is 0. The predicted octanol–water partition coefficient (Wildman–Crippen LogP) is 32.7. The van der Waals surface area contributed by atoms with E-state index in [4.69, 9.17) is 36.5 Å². The molecule has 0 atom stereocenters. The topological polar surface area (TPSA) is 130 Å². The lowest BCUT2D eigenvalue weighted by molar-refractivity contribution is 0.591. The summed E-state index contributed by atoms with van der Waals surface area (Å²) in [6.45, 7) is 28.1. The molecule has 13 nitrogen and oxygen atoms in total. The van der Waals surface area contributed by atoms with Crippen molar-refractivity contribution in [2.24, 2.45) is 0 Å². The molecule has 13 heteroatoms. The maximum absolute atomic E-state index is 10.1. The average Bonchev–Trinajstić information content (AvgIpc) is 1.56. The molecule has 0 N–H and O–H groups in total. The largest absolute Gasteiger partial charge is 0.309 e. The van der Waals surface area contributed by atoms with Crippen LogP contribution in [0.25, 0.3) is 222 Å². The number of fused-ring (bicyclic) bond motifs is 18. The van der Waals surface area contributed by atoms with Crippen molar-refractivity contribution in [2.75, 3.05) is 0 Å². The minimum absolute atomic E-state index is 0.0316. The summed E-state index contributed by atoms with van der Waals surface area (Å²) < 4.78 is 11.7. The van der Waals surface area contributed by atoms with Gasteiger partial charge in [0, 0.05) is 105 Å². The molecule has 676 valence electrons. The van der Waals surface area contributed by atoms with E-state index in [1.165, 1.54) is 76.8 Å². The minimum Gasteiger partial charge on any atom is -0.309 e. The lowest BCUT2D eigenvalue weighted by atomic mass is 9.86. The quantitative estimate of drug-likeness (QED) is 0.111. The first kappa shape index (κ1) is 85.6. The van der Waals surface area contributed by atoms with Gasteiger partial charge in [0.2, 0.25) is 0 Å². The highest BCUT2D eigenvalue weighted by Crippen LogP contribution is 2.51. The van der Waals surface area contributed by atoms with Gasteiger partial charge in [0.05, 0.1) is 84.7 Å². The zero-order valence-electron chi connectivity index (χ0n) is 80.1. The standard InChI is InChI=1S/C74H52N6.C55H43N7/c1-74(2,3)49-38-42-68-61(44-49)58-24-12-17-31-67(58)80(68)69-43-41-51(79-65-29-15-10-22-56(65)57-23-11-16-30-66(57)79)45-62(69)73-76-71(47-34-32-46(33-35-47)70-59-25-6-4-18-52(59)53-19-5-7-26-60(53)70)75-72(77-73)48-36-39-50(40-37-48)78-63-27-13-8-20-54(63)55-21-9-14-28-64(55)78;1-54(2,3)37-19-24-46-43(30-37)44-31-39(57-7)21-26-47(44)61(46)40-22-27-50(62-48-23-18-34(33-56)28-41(48)42-29-38(55(4,5)6)20-25-49(42)62)45(32-40)53-59-51(35-14-10-8-11-15-35)58-52(60-53)36-16-12-9-13-17-36/h4-45,70H,1-3H3;8-32H,1-6H3. The van der Waals surface area contributed by atoms with Crippen LogP contribution in [0.4, 0.5) is 5.69 Å². The molecule has 0 spiro atoms. The lowest BCUT2D eigenvalue weighted by Crippen LogP contribution is -2.10. The molecule has 0 radical (unpaired) electrons. The molecule has 0 amide bonds. The van der Waals surface area contributed by atoms with Crippen molar-refractivity contribution in [1.82, 2.24) is 52.7 Å². The third-order valence-corrected chi connectivity index (χ3v) is 28.7. The summed E-state index contributed by atoms with van der Waals surface area (Å²) in [5.74, 6) is 3.54. The second kappa shape index (κ2) is 33.4. The highest BCUT2D eigenvalue weighted by atomic mass is 15.1. The second-order valence-corrected chi connectivity index (χ2v) is 40.4. The number of benzene rings is 18. The molecule has 25 aromatic rings. The summed E-state index contributed by atoms with van der Waals surface area (Å²) in [4.78, 5) is 36.1. The first-order valence-corrected chi connectivity index (χ1v) is 48.5. The van der Waals surface area contributed by atoms with Crippen LogP contribution >= 0.6 is 0 Å². The van der Waals surface area contributed by atoms with E-state index in [2.05, 4.69) is 418 Å². The molecule has 0 unspecified atom stereocenters. The normalized spacial score (nSPS) is 12.4. The second-order valence-electron chi connectivity index (χ2n) is 40.4. The van der Waals surface area contributed by atoms with Crippen LogP contribution in [0.15, 0.2) is 406 Å². The van der Waals surface area contributed by atoms with Crippen LogP contribution in [0.1, 0.15) is 107 Å². The maximum atomic E-state index is 10.1. The van der Waals surface area contributed by atoms with E-state index in [-0.39, 0.29) is 22.2 Å². The highest BCUT2D eigenvalue weighted by Gasteiger charge is 2.33. The van der Waals surface area contributed by atoms with Gasteiger partial charge in [-0.2, -0.15) is 5.26 Å². The molecular weight excluding hydrogens is 1730 g/mol. The first-order valence-electron chi connectivity index (χ1n) is 48.5. The summed E-state index contributed by atoms with van der Waals surface area (Å²) in [6.07, 6.45) is 0. The molecule has 0 fully saturated rings. The Morgan fingerprint density at radius 3 is 0.944 bits per heavy atom. The van der Waals surface area contributed by atoms with E-state index in [9.17, 15) is 5.26 Å². The molecule has 1 aliphatic rings. The molecule has 0 bridgehead atoms. The SMILES string of the molecule is CC(C)(C)c1ccc2c(c1)c1ccccc1n2-c1ccc(-n2c3ccccc3c3ccccc32)cc1-c1nc(-c2ccc(C3c4ccccc4-c4ccccc43)cc2)nc(-c2ccc(-n3c4ccccc4c4ccccc43)cc2)n1.[C-]#[N+]c1ccc2c(c1)c1cc(C(C)(C)C)ccc1n2-c1ccc(-n2c3ccc(C#N)cc3c3cc(C(C)(C)C)ccc32)c(-c2nc(-c3ccccc3)nc(-c3ccccc3)n2)c1. The number of nitriles is 1. The van der Waals surface area contributed by atoms with E-state index in [0.717, 1.165) is 139 Å². The van der Waals surface area contributed by atoms with Crippen molar-refractivity contribution in [2.45, 2.75) is 84.5 Å². The van der Waals surface area contributed by atoms with Crippen LogP contribution in [0.2, 0.25) is 0 Å². The smallest absolute Gasteiger partial charge is 0.188 e. The Balaban J connectivity index is 0.000000154. The molecule has 142 heavy (non-hydrogen) atoms. The molecule has 0 saturated heterocycles. The Morgan fingerprint density at radius 1 is 0.246 bits per heavy atom. The maximum Gasteiger partial charge on any atom is 0.188 e. The van der Waals surface area contributed by atoms with Gasteiger partial charge in [-0.05, 0) is 224 Å². The van der Waals surface area contributed by atoms with Crippen molar-refractivity contribution < 1.29 is 0 Å². The number of hydrogen-bond acceptors (Lipinski definition) is 7. The van der Waals surface area contributed by atoms with Crippen LogP contribution in [-0.4, -0.2) is 52.7 Å². The fourth-order valence-electron chi connectivity index (χ4n) is 21.6. The first-order chi connectivity index (χ1) is 69.2. The van der Waals surface area contributed by atoms with Crippen molar-refractivity contribution in [3.63, 3.8) is 0 Å². The molecule has 1 aliphatic carbocycles. The Hall–Kier alpha value is -18.0. The van der Waals surface area contributed by atoms with E-state index in [1.54, 1.807) is 0 Å². The van der Waals surface area contributed by atoms with Crippen LogP contribution in [-0.2, 0) is 16.2 Å². The average molecular weight is 1830 g/mol. The minimum atomic E-state index is -0.0830. The van der Waals surface area contributed by atoms with Crippen molar-refractivity contribution in [1.29, 1.82) is 5.26 Å². The van der Waals surface area contributed by atoms with Gasteiger partial charge in [0.15, 0.2) is 40.6 Å². The zero-order valence-corrected chi connectivity index (χ0v) is 80.1. The van der Waals surface area contributed by atoms with Gasteiger partial charge in [-0.15, -0.1) is 0 Å². The zero-order chi connectivity index (χ0) is 96.1. The Morgan fingerprint density at radius 2 is 0.542 bits per heavy atom. The monoisotopic (exact) mass is 1830 g/mol. The van der Waals surface area contributed by atoms with E-state index in [1.807, 2.05) is 84.9 Å². The number of nitrogens with zero attached hydrogens (tertiary/aromatic N) is 13. The molecule has 7 aromatic heterocycles. The summed E-state index contributed by atoms with van der Waals surface area (Å²) in [5.41, 5.74) is 32.2.